The van der Waals surface area contributed by atoms with Crippen LogP contribution in [0.15, 0.2) is 58.5 Å². The smallest absolute Gasteiger partial charge is 0.272 e. The molecule has 0 radical (unpaired) electrons. The molecule has 0 bridgehead atoms. The molecule has 0 saturated heterocycles. The summed E-state index contributed by atoms with van der Waals surface area (Å²) in [5.41, 5.74) is 7.79. The van der Waals surface area contributed by atoms with Gasteiger partial charge >= 0.3 is 0 Å². The lowest BCUT2D eigenvalue weighted by Crippen LogP contribution is -2.31. The summed E-state index contributed by atoms with van der Waals surface area (Å²) < 4.78 is 1.06. The van der Waals surface area contributed by atoms with Crippen LogP contribution in [0.5, 0.6) is 0 Å². The Hall–Kier alpha value is -3.27. The van der Waals surface area contributed by atoms with Crippen LogP contribution in [0.1, 0.15) is 40.8 Å². The van der Waals surface area contributed by atoms with Gasteiger partial charge in [0.25, 0.3) is 11.5 Å². The maximum atomic E-state index is 12.9. The first kappa shape index (κ1) is 25.4. The lowest BCUT2D eigenvalue weighted by Gasteiger charge is -2.13. The Kier molecular flexibility index (Phi) is 8.75. The third kappa shape index (κ3) is 5.99. The lowest BCUT2D eigenvalue weighted by molar-refractivity contribution is 0.0933. The van der Waals surface area contributed by atoms with Crippen LogP contribution < -0.4 is 21.9 Å². The molecule has 3 rings (SSSR count). The second-order valence-corrected chi connectivity index (χ2v) is 8.97. The molecule has 10 heteroatoms. The van der Waals surface area contributed by atoms with E-state index in [2.05, 4.69) is 20.7 Å². The molecule has 0 aliphatic heterocycles. The fraction of sp³-hybridized carbons (Fsp3) is 0.250. The van der Waals surface area contributed by atoms with Gasteiger partial charge in [0, 0.05) is 46.3 Å². The SMILES string of the molecule is CCN=CC(=CN)n1nc(C(=O)N[C@H](C)c2ccc(-c3cc(Cl)ccc3CNC)s2)ccc1=O. The predicted molar refractivity (Wildman–Crippen MR) is 139 cm³/mol. The molecule has 0 aliphatic carbocycles. The Bertz CT molecular complexity index is 1280. The first-order valence-corrected chi connectivity index (χ1v) is 11.9. The number of nitrogens with one attached hydrogen (secondary N) is 2. The molecule has 0 saturated carbocycles. The molecular formula is C24H27ClN6O2S. The number of allylic oxidation sites excluding steroid dienone is 1. The van der Waals surface area contributed by atoms with Gasteiger partial charge in [-0.3, -0.25) is 14.6 Å². The van der Waals surface area contributed by atoms with Crippen LogP contribution >= 0.6 is 22.9 Å². The van der Waals surface area contributed by atoms with Crippen molar-refractivity contribution in [3.8, 4) is 10.4 Å². The van der Waals surface area contributed by atoms with Crippen molar-refractivity contribution >= 4 is 40.8 Å². The van der Waals surface area contributed by atoms with Crippen LogP contribution in [0.25, 0.3) is 16.1 Å². The third-order valence-electron chi connectivity index (χ3n) is 4.96. The third-order valence-corrected chi connectivity index (χ3v) is 6.50. The second kappa shape index (κ2) is 11.7. The van der Waals surface area contributed by atoms with E-state index in [0.717, 1.165) is 32.1 Å². The van der Waals surface area contributed by atoms with Gasteiger partial charge in [-0.1, -0.05) is 17.7 Å². The van der Waals surface area contributed by atoms with E-state index in [0.29, 0.717) is 11.6 Å². The zero-order valence-electron chi connectivity index (χ0n) is 19.2. The minimum absolute atomic E-state index is 0.0959. The predicted octanol–water partition coefficient (Wildman–Crippen LogP) is 3.68. The Balaban J connectivity index is 1.81. The fourth-order valence-electron chi connectivity index (χ4n) is 3.27. The summed E-state index contributed by atoms with van der Waals surface area (Å²) in [6.07, 6.45) is 2.67. The number of nitrogens with two attached hydrogens (primary N) is 1. The molecule has 8 nitrogen and oxygen atoms in total. The number of thiophene rings is 1. The van der Waals surface area contributed by atoms with Crippen LogP contribution in [0.3, 0.4) is 0 Å². The van der Waals surface area contributed by atoms with Crippen molar-refractivity contribution in [2.24, 2.45) is 10.7 Å². The van der Waals surface area contributed by atoms with Gasteiger partial charge in [0.05, 0.1) is 6.04 Å². The number of carbonyl (C=O) groups excluding carboxylic acids is 1. The quantitative estimate of drug-likeness (QED) is 0.389. The zero-order chi connectivity index (χ0) is 24.7. The van der Waals surface area contributed by atoms with Crippen LogP contribution in [-0.4, -0.2) is 35.5 Å². The van der Waals surface area contributed by atoms with E-state index in [1.165, 1.54) is 24.5 Å². The molecule has 34 heavy (non-hydrogen) atoms. The maximum Gasteiger partial charge on any atom is 0.272 e. The minimum atomic E-state index is -0.411. The number of aliphatic imine (C=N–C) groups is 1. The van der Waals surface area contributed by atoms with Crippen molar-refractivity contribution < 1.29 is 4.79 Å². The Morgan fingerprint density at radius 1 is 1.29 bits per heavy atom. The highest BCUT2D eigenvalue weighted by molar-refractivity contribution is 7.15. The van der Waals surface area contributed by atoms with Crippen molar-refractivity contribution in [2.45, 2.75) is 26.4 Å². The minimum Gasteiger partial charge on any atom is -0.403 e. The van der Waals surface area contributed by atoms with Gasteiger partial charge in [0.15, 0.2) is 0 Å². The monoisotopic (exact) mass is 498 g/mol. The molecule has 0 fully saturated rings. The molecule has 2 aromatic heterocycles. The topological polar surface area (TPSA) is 114 Å². The molecule has 0 unspecified atom stereocenters. The van der Waals surface area contributed by atoms with Crippen LogP contribution in [-0.2, 0) is 6.54 Å². The van der Waals surface area contributed by atoms with Gasteiger partial charge < -0.3 is 16.4 Å². The van der Waals surface area contributed by atoms with Crippen LogP contribution in [0, 0.1) is 0 Å². The van der Waals surface area contributed by atoms with E-state index in [9.17, 15) is 9.59 Å². The Morgan fingerprint density at radius 2 is 2.09 bits per heavy atom. The molecule has 1 amide bonds. The summed E-state index contributed by atoms with van der Waals surface area (Å²) in [5.74, 6) is -0.404. The van der Waals surface area contributed by atoms with E-state index >= 15 is 0 Å². The number of rotatable bonds is 9. The molecule has 4 N–H and O–H groups in total. The summed E-state index contributed by atoms with van der Waals surface area (Å²) in [7, 11) is 1.90. The highest BCUT2D eigenvalue weighted by Crippen LogP contribution is 2.35. The number of hydrogen-bond acceptors (Lipinski definition) is 7. The number of aromatic nitrogens is 2. The zero-order valence-corrected chi connectivity index (χ0v) is 20.8. The maximum absolute atomic E-state index is 12.9. The number of benzene rings is 1. The van der Waals surface area contributed by atoms with E-state index in [1.54, 1.807) is 11.3 Å². The van der Waals surface area contributed by atoms with E-state index in [4.69, 9.17) is 17.3 Å². The van der Waals surface area contributed by atoms with Crippen molar-refractivity contribution in [3.05, 3.63) is 80.2 Å². The first-order valence-electron chi connectivity index (χ1n) is 10.7. The molecule has 178 valence electrons. The van der Waals surface area contributed by atoms with E-state index < -0.39 is 11.5 Å². The summed E-state index contributed by atoms with van der Waals surface area (Å²) in [6.45, 7) is 5.00. The molecule has 0 aliphatic rings. The van der Waals surface area contributed by atoms with Crippen molar-refractivity contribution in [3.63, 3.8) is 0 Å². The Labute approximate surface area is 207 Å². The molecule has 1 aromatic carbocycles. The van der Waals surface area contributed by atoms with Crippen molar-refractivity contribution in [1.82, 2.24) is 20.4 Å². The number of halogens is 1. The van der Waals surface area contributed by atoms with Crippen LogP contribution in [0.2, 0.25) is 5.02 Å². The number of amides is 1. The Morgan fingerprint density at radius 3 is 2.79 bits per heavy atom. The standard InChI is InChI=1S/C24H27ClN6O2S/c1-4-28-14-18(12-26)31-23(32)10-7-20(30-31)24(33)29-15(2)21-8-9-22(34-21)19-11-17(25)6-5-16(19)13-27-3/h5-12,14-15,27H,4,13,26H2,1-3H3,(H,29,33)/t15-/m1/s1. The summed E-state index contributed by atoms with van der Waals surface area (Å²) in [5, 5.41) is 11.0. The first-order chi connectivity index (χ1) is 16.4. The summed E-state index contributed by atoms with van der Waals surface area (Å²) in [6, 6.07) is 12.2. The van der Waals surface area contributed by atoms with Gasteiger partial charge in [-0.05, 0) is 62.4 Å². The van der Waals surface area contributed by atoms with Gasteiger partial charge in [-0.25, -0.2) is 0 Å². The fourth-order valence-corrected chi connectivity index (χ4v) is 4.50. The highest BCUT2D eigenvalue weighted by Gasteiger charge is 2.17. The molecular weight excluding hydrogens is 472 g/mol. The highest BCUT2D eigenvalue weighted by atomic mass is 35.5. The average molecular weight is 499 g/mol. The lowest BCUT2D eigenvalue weighted by atomic mass is 10.1. The van der Waals surface area contributed by atoms with Gasteiger partial charge in [0.1, 0.15) is 11.4 Å². The largest absolute Gasteiger partial charge is 0.403 e. The number of hydrogen-bond donors (Lipinski definition) is 3. The van der Waals surface area contributed by atoms with Crippen LogP contribution in [0.4, 0.5) is 0 Å². The average Bonchev–Trinajstić information content (AvgIpc) is 3.32. The summed E-state index contributed by atoms with van der Waals surface area (Å²) >= 11 is 7.82. The molecule has 1 atom stereocenters. The molecule has 3 aromatic rings. The van der Waals surface area contributed by atoms with Gasteiger partial charge in [0.2, 0.25) is 0 Å². The van der Waals surface area contributed by atoms with E-state index in [-0.39, 0.29) is 17.4 Å². The van der Waals surface area contributed by atoms with Gasteiger partial charge in [-0.15, -0.1) is 11.3 Å². The molecule has 0 spiro atoms. The normalized spacial score (nSPS) is 12.8. The number of carbonyl (C=O) groups is 1. The van der Waals surface area contributed by atoms with Crippen molar-refractivity contribution in [1.29, 1.82) is 0 Å². The van der Waals surface area contributed by atoms with Crippen molar-refractivity contribution in [2.75, 3.05) is 13.6 Å². The second-order valence-electron chi connectivity index (χ2n) is 7.42. The number of nitrogens with zero attached hydrogens (tertiary/aromatic N) is 3. The summed E-state index contributed by atoms with van der Waals surface area (Å²) in [4.78, 5) is 31.2. The van der Waals surface area contributed by atoms with Gasteiger partial charge in [-0.2, -0.15) is 9.78 Å². The van der Waals surface area contributed by atoms with E-state index in [1.807, 2.05) is 51.2 Å². The molecule has 2 heterocycles.